The number of hydrogen-bond donors (Lipinski definition) is 7. The van der Waals surface area contributed by atoms with Gasteiger partial charge in [-0.2, -0.15) is 0 Å². The third-order valence-electron chi connectivity index (χ3n) is 16.6. The number of allylic oxidation sites excluding steroid dienone is 1. The molecule has 4 amide bonds. The third kappa shape index (κ3) is 26.5. The molecule has 0 heterocycles. The number of hydrogen-bond acceptors (Lipinski definition) is 11. The summed E-state index contributed by atoms with van der Waals surface area (Å²) in [5.74, 6) is -7.78. The molecule has 6 atom stereocenters. The molecule has 22 nitrogen and oxygen atoms in total. The summed E-state index contributed by atoms with van der Waals surface area (Å²) in [6, 6.07) is 25.4. The minimum Gasteiger partial charge on any atom is -0.481 e. The van der Waals surface area contributed by atoms with E-state index in [9.17, 15) is 70.5 Å². The Balaban J connectivity index is 1.43. The van der Waals surface area contributed by atoms with Gasteiger partial charge < -0.3 is 36.6 Å². The molecule has 22 heteroatoms. The number of carbonyl (C=O) groups is 7. The fourth-order valence-electron chi connectivity index (χ4n) is 11.7. The number of aliphatic carboxylic acids is 3. The topological polar surface area (TPSA) is 341 Å². The van der Waals surface area contributed by atoms with Gasteiger partial charge in [0.15, 0.2) is 19.9 Å². The number of anilines is 4. The number of carbonyl (C=O) groups excluding carboxylic acids is 4. The van der Waals surface area contributed by atoms with E-state index >= 15 is 0 Å². The number of carboxylic acid groups (broad SMARTS) is 3. The Labute approximate surface area is 528 Å². The molecule has 0 spiro atoms. The highest BCUT2D eigenvalue weighted by Gasteiger charge is 2.37. The Hall–Kier alpha value is -9.41. The van der Waals surface area contributed by atoms with E-state index in [1.54, 1.807) is 85.8 Å². The Morgan fingerprint density at radius 2 is 0.933 bits per heavy atom. The monoisotopic (exact) mass is 1230 g/mol. The standard InChI is InChI=1S/C68H86N12O10/c1-4-6-7-19-39-68(3,67(90)76-53-32-23-36-57(45-53)80-72)46-49(65(86)87)28-16-11-9-14-26-47(40-62(82)83)25-13-8-10-15-27-48(41-61(81)73-50-29-20-33-54(42-50)77-69)58(63(84)74-51-30-21-34-55(43-51)78-70)37-17-12-18-38-59(60(24-5-2)66(88)89)64(85)75-52-31-22-35-56(44-52)79-71/h20-23,28-36,42-45,47-48,58-60H,4-19,24-27,37-41,46H2,1-3H3,(H3-4,73,74,75,76,81,82,83,84,85,86,87,88,89,90)/p+4. The van der Waals surface area contributed by atoms with E-state index in [1.165, 1.54) is 24.3 Å². The van der Waals surface area contributed by atoms with Crippen molar-refractivity contribution in [3.63, 3.8) is 0 Å². The largest absolute Gasteiger partial charge is 0.481 e. The van der Waals surface area contributed by atoms with Crippen LogP contribution in [0.5, 0.6) is 0 Å². The van der Waals surface area contributed by atoms with E-state index in [4.69, 9.17) is 0 Å². The van der Waals surface area contributed by atoms with Crippen molar-refractivity contribution in [2.45, 2.75) is 188 Å². The van der Waals surface area contributed by atoms with E-state index in [-0.39, 0.29) is 84.1 Å². The number of rotatable bonds is 43. The molecular weight excluding hydrogens is 1140 g/mol. The minimum absolute atomic E-state index is 0.00308. The number of nitrogens with one attached hydrogen (secondary N) is 4. The first kappa shape index (κ1) is 73.1. The summed E-state index contributed by atoms with van der Waals surface area (Å²) in [4.78, 5) is 106. The van der Waals surface area contributed by atoms with Crippen molar-refractivity contribution < 1.29 is 48.9 Å². The number of diazo groups is 4. The summed E-state index contributed by atoms with van der Waals surface area (Å²) in [5.41, 5.74) is 1.61. The lowest BCUT2D eigenvalue weighted by molar-refractivity contribution is -0.147. The van der Waals surface area contributed by atoms with Crippen molar-refractivity contribution in [2.24, 2.45) is 35.0 Å². The lowest BCUT2D eigenvalue weighted by atomic mass is 9.77. The van der Waals surface area contributed by atoms with Crippen LogP contribution in [0.15, 0.2) is 109 Å². The molecule has 90 heavy (non-hydrogen) atoms. The highest BCUT2D eigenvalue weighted by atomic mass is 16.4. The fourth-order valence-corrected chi connectivity index (χ4v) is 11.7. The molecule has 0 saturated heterocycles. The molecule has 0 fully saturated rings. The summed E-state index contributed by atoms with van der Waals surface area (Å²) < 4.78 is 0. The predicted octanol–water partition coefficient (Wildman–Crippen LogP) is 17.9. The number of unbranched alkanes of at least 4 members (excludes halogenated alkanes) is 11. The molecule has 6 unspecified atom stereocenters. The number of benzene rings is 4. The lowest BCUT2D eigenvalue weighted by Crippen LogP contribution is -2.35. The number of amides is 4. The summed E-state index contributed by atoms with van der Waals surface area (Å²) >= 11 is 0. The predicted molar refractivity (Wildman–Crippen MR) is 347 cm³/mol. The van der Waals surface area contributed by atoms with E-state index in [2.05, 4.69) is 48.1 Å². The molecular formula is C68H90N12O10+4. The Morgan fingerprint density at radius 1 is 0.489 bits per heavy atom. The van der Waals surface area contributed by atoms with Crippen LogP contribution >= 0.6 is 0 Å². The molecule has 4 rings (SSSR count). The second-order valence-electron chi connectivity index (χ2n) is 23.8. The molecule has 0 aliphatic carbocycles. The van der Waals surface area contributed by atoms with Crippen LogP contribution in [-0.2, 0) is 33.6 Å². The lowest BCUT2D eigenvalue weighted by Gasteiger charge is -2.29. The van der Waals surface area contributed by atoms with Crippen LogP contribution in [0.1, 0.15) is 188 Å². The van der Waals surface area contributed by atoms with Gasteiger partial charge in [0.2, 0.25) is 45.2 Å². The third-order valence-corrected chi connectivity index (χ3v) is 16.6. The van der Waals surface area contributed by atoms with Crippen molar-refractivity contribution in [1.29, 1.82) is 21.6 Å². The van der Waals surface area contributed by atoms with Crippen LogP contribution in [-0.4, -0.2) is 56.9 Å². The minimum atomic E-state index is -1.09. The summed E-state index contributed by atoms with van der Waals surface area (Å²) in [5, 5.41) is 79.5. The zero-order chi connectivity index (χ0) is 65.7. The summed E-state index contributed by atoms with van der Waals surface area (Å²) in [6.45, 7) is 5.73. The second-order valence-corrected chi connectivity index (χ2v) is 23.8. The van der Waals surface area contributed by atoms with Gasteiger partial charge in [-0.3, -0.25) is 28.8 Å². The average molecular weight is 1240 g/mol. The molecule has 0 saturated carbocycles. The SMILES string of the molecule is CCCCCCC(C)(CC(=CCCCCCC(CCCCCCC(CC(=O)Nc1cccc([N+]#N)c1)C(CCCCCC(C(=O)Nc1cccc([N+]#N)c1)C(CCC)C(=O)O)C(=O)Nc1cccc([N+]#N)c1)CC(=O)O)C(=O)O)C(=O)Nc1cccc([N+]#N)c1. The average Bonchev–Trinajstić information content (AvgIpc) is 2.11. The first-order valence-electron chi connectivity index (χ1n) is 31.8. The maximum absolute atomic E-state index is 14.6. The zero-order valence-electron chi connectivity index (χ0n) is 52.4. The number of carboxylic acids is 3. The van der Waals surface area contributed by atoms with Gasteiger partial charge >= 0.3 is 40.7 Å². The molecule has 4 aromatic rings. The first-order valence-corrected chi connectivity index (χ1v) is 31.8. The first-order chi connectivity index (χ1) is 43.3. The van der Waals surface area contributed by atoms with Crippen molar-refractivity contribution >= 4 is 87.0 Å². The van der Waals surface area contributed by atoms with Crippen molar-refractivity contribution in [1.82, 2.24) is 0 Å². The molecule has 0 aromatic heterocycles. The van der Waals surface area contributed by atoms with Crippen LogP contribution in [0.3, 0.4) is 0 Å². The quantitative estimate of drug-likeness (QED) is 0.0123. The fraction of sp³-hybridized carbons (Fsp3) is 0.515. The molecule has 4 aromatic carbocycles. The number of nitrogens with zero attached hydrogens (tertiary/aromatic N) is 8. The molecule has 478 valence electrons. The zero-order valence-corrected chi connectivity index (χ0v) is 52.4. The normalized spacial score (nSPS) is 13.4. The molecule has 0 aliphatic rings. The van der Waals surface area contributed by atoms with Crippen molar-refractivity contribution in [2.75, 3.05) is 21.3 Å². The van der Waals surface area contributed by atoms with Crippen LogP contribution in [0, 0.1) is 56.6 Å². The molecule has 0 bridgehead atoms. The van der Waals surface area contributed by atoms with Gasteiger partial charge in [0, 0.05) is 71.3 Å². The highest BCUT2D eigenvalue weighted by Crippen LogP contribution is 2.37. The van der Waals surface area contributed by atoms with Crippen LogP contribution in [0.4, 0.5) is 45.5 Å². The van der Waals surface area contributed by atoms with Gasteiger partial charge in [0.25, 0.3) is 0 Å². The van der Waals surface area contributed by atoms with E-state index < -0.39 is 52.9 Å². The van der Waals surface area contributed by atoms with Crippen LogP contribution in [0.25, 0.3) is 19.9 Å². The Morgan fingerprint density at radius 3 is 1.41 bits per heavy atom. The van der Waals surface area contributed by atoms with Gasteiger partial charge in [-0.15, -0.1) is 0 Å². The van der Waals surface area contributed by atoms with Crippen LogP contribution < -0.4 is 21.3 Å². The van der Waals surface area contributed by atoms with E-state index in [1.807, 2.05) is 6.92 Å². The summed E-state index contributed by atoms with van der Waals surface area (Å²) in [6.07, 6.45) is 15.9. The van der Waals surface area contributed by atoms with Crippen LogP contribution in [0.2, 0.25) is 0 Å². The second kappa shape index (κ2) is 40.2. The maximum Gasteiger partial charge on any atom is 0.387 e. The molecule has 7 N–H and O–H groups in total. The van der Waals surface area contributed by atoms with E-state index in [0.717, 1.165) is 57.8 Å². The van der Waals surface area contributed by atoms with Gasteiger partial charge in [-0.25, -0.2) is 4.79 Å². The van der Waals surface area contributed by atoms with Gasteiger partial charge in [-0.05, 0) is 100 Å². The smallest absolute Gasteiger partial charge is 0.387 e. The van der Waals surface area contributed by atoms with Gasteiger partial charge in [0.1, 0.15) is 0 Å². The van der Waals surface area contributed by atoms with Crippen molar-refractivity contribution in [3.05, 3.63) is 129 Å². The maximum atomic E-state index is 14.6. The summed E-state index contributed by atoms with van der Waals surface area (Å²) in [7, 11) is 0. The van der Waals surface area contributed by atoms with Crippen molar-refractivity contribution in [3.8, 4) is 0 Å². The van der Waals surface area contributed by atoms with Gasteiger partial charge in [0.05, 0.1) is 41.5 Å². The van der Waals surface area contributed by atoms with E-state index in [0.29, 0.717) is 99.8 Å². The molecule has 0 radical (unpaired) electrons. The molecule has 0 aliphatic heterocycles. The highest BCUT2D eigenvalue weighted by molar-refractivity contribution is 5.98. The van der Waals surface area contributed by atoms with Gasteiger partial charge in [-0.1, -0.05) is 141 Å². The Kier molecular flexibility index (Phi) is 32.6. The Bertz CT molecular complexity index is 3230.